The minimum absolute atomic E-state index is 0.379. The Hall–Kier alpha value is -1.71. The lowest BCUT2D eigenvalue weighted by Gasteiger charge is -2.15. The third-order valence-corrected chi connectivity index (χ3v) is 2.94. The number of rotatable bonds is 7. The number of benzene rings is 1. The van der Waals surface area contributed by atoms with Crippen molar-refractivity contribution in [3.63, 3.8) is 0 Å². The Kier molecular flexibility index (Phi) is 5.49. The largest absolute Gasteiger partial charge is 0.497 e. The van der Waals surface area contributed by atoms with Gasteiger partial charge in [0.1, 0.15) is 11.5 Å². The first-order chi connectivity index (χ1) is 8.62. The third-order valence-electron chi connectivity index (χ3n) is 2.94. The monoisotopic (exact) mass is 252 g/mol. The molecule has 1 unspecified atom stereocenters. The molecule has 4 heteroatoms. The Bertz CT molecular complexity index is 401. The van der Waals surface area contributed by atoms with E-state index in [9.17, 15) is 9.90 Å². The molecular weight excluding hydrogens is 232 g/mol. The molecule has 1 rings (SSSR count). The Morgan fingerprint density at radius 1 is 1.33 bits per heavy atom. The van der Waals surface area contributed by atoms with Gasteiger partial charge in [-0.05, 0) is 36.6 Å². The van der Waals surface area contributed by atoms with Crippen molar-refractivity contribution in [1.29, 1.82) is 0 Å². The number of aliphatic carboxylic acids is 1. The molecule has 1 aromatic carbocycles. The maximum Gasteiger partial charge on any atom is 0.306 e. The quantitative estimate of drug-likeness (QED) is 0.810. The van der Waals surface area contributed by atoms with Crippen LogP contribution in [0.15, 0.2) is 18.2 Å². The summed E-state index contributed by atoms with van der Waals surface area (Å²) in [5, 5.41) is 9.18. The highest BCUT2D eigenvalue weighted by molar-refractivity contribution is 5.70. The Morgan fingerprint density at radius 3 is 2.56 bits per heavy atom. The van der Waals surface area contributed by atoms with Crippen LogP contribution in [0.4, 0.5) is 0 Å². The SMILES string of the molecule is CCCC(Cc1cc(OC)ccc1OC)C(=O)O. The lowest BCUT2D eigenvalue weighted by atomic mass is 9.94. The summed E-state index contributed by atoms with van der Waals surface area (Å²) in [6, 6.07) is 5.45. The van der Waals surface area contributed by atoms with Gasteiger partial charge >= 0.3 is 5.97 Å². The van der Waals surface area contributed by atoms with Gasteiger partial charge in [-0.2, -0.15) is 0 Å². The molecule has 0 fully saturated rings. The fraction of sp³-hybridized carbons (Fsp3) is 0.500. The van der Waals surface area contributed by atoms with Crippen LogP contribution >= 0.6 is 0 Å². The average molecular weight is 252 g/mol. The van der Waals surface area contributed by atoms with Crippen molar-refractivity contribution in [3.05, 3.63) is 23.8 Å². The standard InChI is InChI=1S/C14H20O4/c1-4-5-10(14(15)16)8-11-9-12(17-2)6-7-13(11)18-3/h6-7,9-10H,4-5,8H2,1-3H3,(H,15,16). The van der Waals surface area contributed by atoms with E-state index in [4.69, 9.17) is 9.47 Å². The van der Waals surface area contributed by atoms with Crippen LogP contribution in [0.1, 0.15) is 25.3 Å². The second kappa shape index (κ2) is 6.89. The molecule has 0 radical (unpaired) electrons. The number of hydrogen-bond acceptors (Lipinski definition) is 3. The van der Waals surface area contributed by atoms with Gasteiger partial charge in [0.05, 0.1) is 20.1 Å². The Morgan fingerprint density at radius 2 is 2.06 bits per heavy atom. The first-order valence-corrected chi connectivity index (χ1v) is 6.06. The van der Waals surface area contributed by atoms with Crippen LogP contribution in [0.2, 0.25) is 0 Å². The summed E-state index contributed by atoms with van der Waals surface area (Å²) < 4.78 is 10.4. The molecule has 0 bridgehead atoms. The molecule has 0 aliphatic rings. The van der Waals surface area contributed by atoms with E-state index in [1.165, 1.54) is 0 Å². The molecule has 1 atom stereocenters. The van der Waals surface area contributed by atoms with Gasteiger partial charge in [-0.3, -0.25) is 4.79 Å². The number of ether oxygens (including phenoxy) is 2. The zero-order valence-corrected chi connectivity index (χ0v) is 11.1. The van der Waals surface area contributed by atoms with E-state index in [2.05, 4.69) is 0 Å². The van der Waals surface area contributed by atoms with Crippen molar-refractivity contribution in [2.75, 3.05) is 14.2 Å². The molecule has 0 aliphatic heterocycles. The summed E-state index contributed by atoms with van der Waals surface area (Å²) in [7, 11) is 3.17. The number of methoxy groups -OCH3 is 2. The second-order valence-corrected chi connectivity index (χ2v) is 4.21. The zero-order chi connectivity index (χ0) is 13.5. The fourth-order valence-electron chi connectivity index (χ4n) is 1.97. The van der Waals surface area contributed by atoms with Gasteiger partial charge in [-0.25, -0.2) is 0 Å². The second-order valence-electron chi connectivity index (χ2n) is 4.21. The molecule has 100 valence electrons. The molecular formula is C14H20O4. The molecule has 0 aromatic heterocycles. The first kappa shape index (κ1) is 14.4. The van der Waals surface area contributed by atoms with Crippen LogP contribution < -0.4 is 9.47 Å². The van der Waals surface area contributed by atoms with E-state index < -0.39 is 5.97 Å². The fourth-order valence-corrected chi connectivity index (χ4v) is 1.97. The number of carboxylic acid groups (broad SMARTS) is 1. The van der Waals surface area contributed by atoms with E-state index in [1.807, 2.05) is 13.0 Å². The van der Waals surface area contributed by atoms with Gasteiger partial charge in [-0.15, -0.1) is 0 Å². The molecule has 0 saturated heterocycles. The highest BCUT2D eigenvalue weighted by Gasteiger charge is 2.19. The summed E-state index contributed by atoms with van der Waals surface area (Å²) in [5.41, 5.74) is 0.873. The van der Waals surface area contributed by atoms with Crippen molar-refractivity contribution in [1.82, 2.24) is 0 Å². The van der Waals surface area contributed by atoms with Crippen LogP contribution in [-0.2, 0) is 11.2 Å². The van der Waals surface area contributed by atoms with E-state index in [1.54, 1.807) is 26.4 Å². The van der Waals surface area contributed by atoms with Gasteiger partial charge in [0, 0.05) is 0 Å². The van der Waals surface area contributed by atoms with Gasteiger partial charge in [0.25, 0.3) is 0 Å². The minimum Gasteiger partial charge on any atom is -0.497 e. The van der Waals surface area contributed by atoms with Crippen LogP contribution in [0.5, 0.6) is 11.5 Å². The summed E-state index contributed by atoms with van der Waals surface area (Å²) in [6.07, 6.45) is 1.97. The van der Waals surface area contributed by atoms with Gasteiger partial charge < -0.3 is 14.6 Å². The highest BCUT2D eigenvalue weighted by atomic mass is 16.5. The zero-order valence-electron chi connectivity index (χ0n) is 11.1. The maximum absolute atomic E-state index is 11.2. The molecule has 0 amide bonds. The Labute approximate surface area is 108 Å². The van der Waals surface area contributed by atoms with E-state index in [0.29, 0.717) is 24.3 Å². The highest BCUT2D eigenvalue weighted by Crippen LogP contribution is 2.27. The molecule has 0 spiro atoms. The number of carboxylic acids is 1. The third kappa shape index (κ3) is 3.65. The van der Waals surface area contributed by atoms with E-state index in [-0.39, 0.29) is 5.92 Å². The number of carbonyl (C=O) groups is 1. The normalized spacial score (nSPS) is 11.9. The molecule has 18 heavy (non-hydrogen) atoms. The van der Waals surface area contributed by atoms with Crippen molar-refractivity contribution < 1.29 is 19.4 Å². The predicted molar refractivity (Wildman–Crippen MR) is 69.3 cm³/mol. The molecule has 4 nitrogen and oxygen atoms in total. The number of hydrogen-bond donors (Lipinski definition) is 1. The molecule has 0 saturated carbocycles. The molecule has 1 N–H and O–H groups in total. The smallest absolute Gasteiger partial charge is 0.306 e. The van der Waals surface area contributed by atoms with Crippen molar-refractivity contribution in [3.8, 4) is 11.5 Å². The summed E-state index contributed by atoms with van der Waals surface area (Å²) in [4.78, 5) is 11.2. The summed E-state index contributed by atoms with van der Waals surface area (Å²) in [6.45, 7) is 1.98. The van der Waals surface area contributed by atoms with Crippen LogP contribution in [0, 0.1) is 5.92 Å². The minimum atomic E-state index is -0.762. The Balaban J connectivity index is 2.95. The topological polar surface area (TPSA) is 55.8 Å². The van der Waals surface area contributed by atoms with E-state index in [0.717, 1.165) is 12.0 Å². The maximum atomic E-state index is 11.2. The first-order valence-electron chi connectivity index (χ1n) is 6.06. The van der Waals surface area contributed by atoms with Crippen LogP contribution in [0.25, 0.3) is 0 Å². The summed E-state index contributed by atoms with van der Waals surface area (Å²) >= 11 is 0. The lowest BCUT2D eigenvalue weighted by molar-refractivity contribution is -0.141. The van der Waals surface area contributed by atoms with Crippen molar-refractivity contribution >= 4 is 5.97 Å². The molecule has 1 aromatic rings. The van der Waals surface area contributed by atoms with Crippen molar-refractivity contribution in [2.24, 2.45) is 5.92 Å². The van der Waals surface area contributed by atoms with E-state index >= 15 is 0 Å². The molecule has 0 aliphatic carbocycles. The van der Waals surface area contributed by atoms with Crippen LogP contribution in [-0.4, -0.2) is 25.3 Å². The predicted octanol–water partition coefficient (Wildman–Crippen LogP) is 2.75. The molecule has 0 heterocycles. The van der Waals surface area contributed by atoms with Gasteiger partial charge in [0.15, 0.2) is 0 Å². The van der Waals surface area contributed by atoms with Crippen LogP contribution in [0.3, 0.4) is 0 Å². The van der Waals surface area contributed by atoms with Gasteiger partial charge in [0.2, 0.25) is 0 Å². The average Bonchev–Trinajstić information content (AvgIpc) is 2.37. The lowest BCUT2D eigenvalue weighted by Crippen LogP contribution is -2.16. The van der Waals surface area contributed by atoms with Crippen molar-refractivity contribution in [2.45, 2.75) is 26.2 Å². The van der Waals surface area contributed by atoms with Gasteiger partial charge in [-0.1, -0.05) is 13.3 Å². The summed E-state index contributed by atoms with van der Waals surface area (Å²) in [5.74, 6) is 0.280.